The third-order valence-electron chi connectivity index (χ3n) is 3.82. The summed E-state index contributed by atoms with van der Waals surface area (Å²) in [6.07, 6.45) is 0.419. The molecular formula is C11H16F3NO. The highest BCUT2D eigenvalue weighted by Gasteiger charge is 2.45. The molecule has 2 unspecified atom stereocenters. The SMILES string of the molecule is O=C(N1CCC2CCCCC2C1)C(F)(F)F. The summed E-state index contributed by atoms with van der Waals surface area (Å²) in [5.74, 6) is -0.809. The lowest BCUT2D eigenvalue weighted by atomic mass is 9.75. The standard InChI is InChI=1S/C11H16F3NO/c12-11(13,14)10(16)15-6-5-8-3-1-2-4-9(8)7-15/h8-9H,1-7H2. The topological polar surface area (TPSA) is 20.3 Å². The minimum Gasteiger partial charge on any atom is -0.335 e. The minimum atomic E-state index is -4.71. The Morgan fingerprint density at radius 3 is 2.31 bits per heavy atom. The van der Waals surface area contributed by atoms with Gasteiger partial charge in [0.25, 0.3) is 0 Å². The molecule has 0 aromatic carbocycles. The highest BCUT2D eigenvalue weighted by atomic mass is 19.4. The molecule has 0 radical (unpaired) electrons. The van der Waals surface area contributed by atoms with Crippen LogP contribution in [0.3, 0.4) is 0 Å². The van der Waals surface area contributed by atoms with Gasteiger partial charge in [-0.05, 0) is 24.7 Å². The summed E-state index contributed by atoms with van der Waals surface area (Å²) in [7, 11) is 0. The van der Waals surface area contributed by atoms with Gasteiger partial charge < -0.3 is 4.90 Å². The monoisotopic (exact) mass is 235 g/mol. The van der Waals surface area contributed by atoms with Gasteiger partial charge in [0.15, 0.2) is 0 Å². The molecule has 1 aliphatic heterocycles. The van der Waals surface area contributed by atoms with Crippen LogP contribution in [0.1, 0.15) is 32.1 Å². The van der Waals surface area contributed by atoms with Crippen LogP contribution in [-0.4, -0.2) is 30.1 Å². The number of nitrogens with zero attached hydrogens (tertiary/aromatic N) is 1. The summed E-state index contributed by atoms with van der Waals surface area (Å²) in [6.45, 7) is 0.586. The van der Waals surface area contributed by atoms with Gasteiger partial charge in [-0.2, -0.15) is 13.2 Å². The predicted octanol–water partition coefficient (Wildman–Crippen LogP) is 2.59. The summed E-state index contributed by atoms with van der Waals surface area (Å²) in [4.78, 5) is 12.1. The molecule has 0 N–H and O–H groups in total. The third-order valence-corrected chi connectivity index (χ3v) is 3.82. The maximum atomic E-state index is 12.3. The molecule has 2 fully saturated rings. The first kappa shape index (κ1) is 11.7. The van der Waals surface area contributed by atoms with E-state index in [0.29, 0.717) is 18.4 Å². The molecule has 2 rings (SSSR count). The summed E-state index contributed by atoms with van der Waals surface area (Å²) in [6, 6.07) is 0. The Morgan fingerprint density at radius 2 is 1.69 bits per heavy atom. The van der Waals surface area contributed by atoms with Gasteiger partial charge in [-0.25, -0.2) is 0 Å². The number of carbonyl (C=O) groups excluding carboxylic acids is 1. The van der Waals surface area contributed by atoms with Gasteiger partial charge in [-0.15, -0.1) is 0 Å². The van der Waals surface area contributed by atoms with Crippen LogP contribution in [0.15, 0.2) is 0 Å². The minimum absolute atomic E-state index is 0.277. The van der Waals surface area contributed by atoms with Crippen molar-refractivity contribution in [1.29, 1.82) is 0 Å². The molecule has 1 aliphatic carbocycles. The van der Waals surface area contributed by atoms with Crippen molar-refractivity contribution >= 4 is 5.91 Å². The number of piperidine rings is 1. The Hall–Kier alpha value is -0.740. The quantitative estimate of drug-likeness (QED) is 0.632. The Bertz CT molecular complexity index is 277. The molecule has 16 heavy (non-hydrogen) atoms. The average Bonchev–Trinajstić information content (AvgIpc) is 2.26. The van der Waals surface area contributed by atoms with Gasteiger partial charge in [0.2, 0.25) is 0 Å². The second-order valence-corrected chi connectivity index (χ2v) is 4.84. The number of carbonyl (C=O) groups is 1. The average molecular weight is 235 g/mol. The third kappa shape index (κ3) is 2.33. The summed E-state index contributed by atoms with van der Waals surface area (Å²) >= 11 is 0. The fraction of sp³-hybridized carbons (Fsp3) is 0.909. The van der Waals surface area contributed by atoms with E-state index in [4.69, 9.17) is 0 Å². The zero-order valence-corrected chi connectivity index (χ0v) is 9.09. The lowest BCUT2D eigenvalue weighted by Gasteiger charge is -2.41. The van der Waals surface area contributed by atoms with Crippen molar-refractivity contribution < 1.29 is 18.0 Å². The van der Waals surface area contributed by atoms with E-state index in [1.165, 1.54) is 6.42 Å². The van der Waals surface area contributed by atoms with Crippen LogP contribution in [0.2, 0.25) is 0 Å². The Balaban J connectivity index is 1.97. The molecule has 1 saturated carbocycles. The number of hydrogen-bond acceptors (Lipinski definition) is 1. The fourth-order valence-electron chi connectivity index (χ4n) is 2.96. The maximum Gasteiger partial charge on any atom is 0.471 e. The predicted molar refractivity (Wildman–Crippen MR) is 52.7 cm³/mol. The van der Waals surface area contributed by atoms with Gasteiger partial charge in [0.05, 0.1) is 0 Å². The van der Waals surface area contributed by atoms with Gasteiger partial charge in [0, 0.05) is 13.1 Å². The number of likely N-dealkylation sites (tertiary alicyclic amines) is 1. The van der Waals surface area contributed by atoms with Crippen LogP contribution >= 0.6 is 0 Å². The lowest BCUT2D eigenvalue weighted by Crippen LogP contribution is -2.49. The molecule has 0 aromatic rings. The van der Waals surface area contributed by atoms with Crippen LogP contribution in [0.25, 0.3) is 0 Å². The van der Waals surface area contributed by atoms with Crippen molar-refractivity contribution in [2.75, 3.05) is 13.1 Å². The van der Waals surface area contributed by atoms with Crippen molar-refractivity contribution in [3.8, 4) is 0 Å². The number of alkyl halides is 3. The highest BCUT2D eigenvalue weighted by molar-refractivity contribution is 5.81. The normalized spacial score (nSPS) is 31.1. The van der Waals surface area contributed by atoms with Gasteiger partial charge in [0.1, 0.15) is 0 Å². The molecule has 0 aromatic heterocycles. The van der Waals surface area contributed by atoms with Crippen molar-refractivity contribution in [1.82, 2.24) is 4.90 Å². The van der Waals surface area contributed by atoms with E-state index in [2.05, 4.69) is 0 Å². The van der Waals surface area contributed by atoms with E-state index in [1.54, 1.807) is 0 Å². The molecular weight excluding hydrogens is 219 g/mol. The molecule has 1 heterocycles. The van der Waals surface area contributed by atoms with Crippen LogP contribution < -0.4 is 0 Å². The van der Waals surface area contributed by atoms with E-state index in [9.17, 15) is 18.0 Å². The van der Waals surface area contributed by atoms with Gasteiger partial charge >= 0.3 is 12.1 Å². The van der Waals surface area contributed by atoms with Crippen LogP contribution in [0.4, 0.5) is 13.2 Å². The molecule has 1 amide bonds. The highest BCUT2D eigenvalue weighted by Crippen LogP contribution is 2.37. The first-order valence-corrected chi connectivity index (χ1v) is 5.84. The number of rotatable bonds is 0. The van der Waals surface area contributed by atoms with Gasteiger partial charge in [-0.3, -0.25) is 4.79 Å². The number of hydrogen-bond donors (Lipinski definition) is 0. The second-order valence-electron chi connectivity index (χ2n) is 4.84. The fourth-order valence-corrected chi connectivity index (χ4v) is 2.96. The molecule has 1 saturated heterocycles. The molecule has 0 spiro atoms. The largest absolute Gasteiger partial charge is 0.471 e. The smallest absolute Gasteiger partial charge is 0.335 e. The molecule has 92 valence electrons. The summed E-state index contributed by atoms with van der Waals surface area (Å²) in [5.41, 5.74) is 0. The first-order valence-electron chi connectivity index (χ1n) is 5.84. The van der Waals surface area contributed by atoms with E-state index < -0.39 is 12.1 Å². The van der Waals surface area contributed by atoms with E-state index in [0.717, 1.165) is 30.6 Å². The zero-order valence-electron chi connectivity index (χ0n) is 9.09. The Morgan fingerprint density at radius 1 is 1.06 bits per heavy atom. The van der Waals surface area contributed by atoms with Crippen molar-refractivity contribution in [3.05, 3.63) is 0 Å². The summed E-state index contributed by atoms with van der Waals surface area (Å²) < 4.78 is 36.8. The number of amides is 1. The zero-order chi connectivity index (χ0) is 11.8. The van der Waals surface area contributed by atoms with E-state index >= 15 is 0 Å². The van der Waals surface area contributed by atoms with Crippen LogP contribution in [-0.2, 0) is 4.79 Å². The first-order chi connectivity index (χ1) is 7.48. The number of halogens is 3. The maximum absolute atomic E-state index is 12.3. The van der Waals surface area contributed by atoms with Crippen molar-refractivity contribution in [3.63, 3.8) is 0 Å². The molecule has 2 nitrogen and oxygen atoms in total. The summed E-state index contributed by atoms with van der Waals surface area (Å²) in [5, 5.41) is 0. The molecule has 0 bridgehead atoms. The van der Waals surface area contributed by atoms with E-state index in [1.807, 2.05) is 0 Å². The van der Waals surface area contributed by atoms with Crippen LogP contribution in [0, 0.1) is 11.8 Å². The number of fused-ring (bicyclic) bond motifs is 1. The van der Waals surface area contributed by atoms with Crippen molar-refractivity contribution in [2.24, 2.45) is 11.8 Å². The molecule has 2 aliphatic rings. The Labute approximate surface area is 92.8 Å². The second kappa shape index (κ2) is 4.26. The van der Waals surface area contributed by atoms with Crippen molar-refractivity contribution in [2.45, 2.75) is 38.3 Å². The Kier molecular flexibility index (Phi) is 3.13. The van der Waals surface area contributed by atoms with Gasteiger partial charge in [-0.1, -0.05) is 19.3 Å². The van der Waals surface area contributed by atoms with E-state index in [-0.39, 0.29) is 6.54 Å². The van der Waals surface area contributed by atoms with Crippen LogP contribution in [0.5, 0.6) is 0 Å². The lowest BCUT2D eigenvalue weighted by molar-refractivity contribution is -0.188. The molecule has 5 heteroatoms. The molecule has 2 atom stereocenters.